The van der Waals surface area contributed by atoms with Crippen molar-refractivity contribution in [2.45, 2.75) is 56.3 Å². The second-order valence-electron chi connectivity index (χ2n) is 7.61. The number of halogens is 1. The molecule has 1 saturated carbocycles. The van der Waals surface area contributed by atoms with Gasteiger partial charge in [-0.05, 0) is 30.9 Å². The average Bonchev–Trinajstić information content (AvgIpc) is 2.69. The van der Waals surface area contributed by atoms with E-state index >= 15 is 0 Å². The van der Waals surface area contributed by atoms with E-state index in [2.05, 4.69) is 0 Å². The van der Waals surface area contributed by atoms with Crippen LogP contribution in [0.5, 0.6) is 0 Å². The summed E-state index contributed by atoms with van der Waals surface area (Å²) in [6.45, 7) is 1.17. The van der Waals surface area contributed by atoms with Crippen LogP contribution in [0.2, 0.25) is 0 Å². The first kappa shape index (κ1) is 20.3. The molecule has 27 heavy (non-hydrogen) atoms. The predicted octanol–water partition coefficient (Wildman–Crippen LogP) is 3.41. The number of amides is 1. The van der Waals surface area contributed by atoms with Crippen molar-refractivity contribution in [1.82, 2.24) is 9.21 Å². The normalized spacial score (nSPS) is 20.0. The van der Waals surface area contributed by atoms with Gasteiger partial charge in [-0.15, -0.1) is 0 Å². The molecule has 1 amide bonds. The van der Waals surface area contributed by atoms with E-state index < -0.39 is 15.8 Å². The molecule has 1 saturated heterocycles. The number of rotatable bonds is 6. The van der Waals surface area contributed by atoms with E-state index in [-0.39, 0.29) is 23.9 Å². The number of hydrogen-bond acceptors (Lipinski definition) is 3. The summed E-state index contributed by atoms with van der Waals surface area (Å²) in [6.07, 6.45) is 9.13. The molecule has 1 aromatic carbocycles. The van der Waals surface area contributed by atoms with Gasteiger partial charge in [-0.3, -0.25) is 4.79 Å². The van der Waals surface area contributed by atoms with Gasteiger partial charge < -0.3 is 4.90 Å². The molecular formula is C20H29FN2O3S. The van der Waals surface area contributed by atoms with Crippen molar-refractivity contribution in [3.05, 3.63) is 30.1 Å². The summed E-state index contributed by atoms with van der Waals surface area (Å²) < 4.78 is 40.4. The van der Waals surface area contributed by atoms with E-state index in [0.717, 1.165) is 24.8 Å². The number of carbonyl (C=O) groups excluding carboxylic acids is 1. The van der Waals surface area contributed by atoms with Crippen molar-refractivity contribution in [3.63, 3.8) is 0 Å². The second kappa shape index (κ2) is 9.15. The largest absolute Gasteiger partial charge is 0.340 e. The van der Waals surface area contributed by atoms with Crippen LogP contribution in [0.25, 0.3) is 0 Å². The molecule has 1 aliphatic carbocycles. The summed E-state index contributed by atoms with van der Waals surface area (Å²) >= 11 is 0. The molecule has 0 radical (unpaired) electrons. The molecule has 150 valence electrons. The SMILES string of the molecule is O=C(CCCC1CCCCC1)N1CCN(S(=O)(=O)c2ccccc2F)CC1. The lowest BCUT2D eigenvalue weighted by Crippen LogP contribution is -2.50. The Morgan fingerprint density at radius 3 is 2.37 bits per heavy atom. The summed E-state index contributed by atoms with van der Waals surface area (Å²) in [7, 11) is -3.85. The predicted molar refractivity (Wildman–Crippen MR) is 102 cm³/mol. The first-order chi connectivity index (χ1) is 13.0. The van der Waals surface area contributed by atoms with Gasteiger partial charge in [0.2, 0.25) is 15.9 Å². The molecule has 0 spiro atoms. The van der Waals surface area contributed by atoms with E-state index in [4.69, 9.17) is 0 Å². The maximum atomic E-state index is 13.9. The van der Waals surface area contributed by atoms with Crippen molar-refractivity contribution in [2.75, 3.05) is 26.2 Å². The van der Waals surface area contributed by atoms with Gasteiger partial charge in [0.1, 0.15) is 10.7 Å². The molecule has 1 heterocycles. The van der Waals surface area contributed by atoms with Crippen molar-refractivity contribution in [2.24, 2.45) is 5.92 Å². The van der Waals surface area contributed by atoms with Crippen LogP contribution in [0, 0.1) is 11.7 Å². The average molecular weight is 397 g/mol. The first-order valence-electron chi connectivity index (χ1n) is 10.0. The second-order valence-corrected chi connectivity index (χ2v) is 9.52. The third-order valence-corrected chi connectivity index (χ3v) is 7.71. The quantitative estimate of drug-likeness (QED) is 0.740. The fourth-order valence-corrected chi connectivity index (χ4v) is 5.63. The maximum Gasteiger partial charge on any atom is 0.246 e. The Morgan fingerprint density at radius 2 is 1.70 bits per heavy atom. The number of benzene rings is 1. The van der Waals surface area contributed by atoms with Gasteiger partial charge in [0.25, 0.3) is 0 Å². The molecule has 0 unspecified atom stereocenters. The zero-order chi connectivity index (χ0) is 19.3. The van der Waals surface area contributed by atoms with E-state index in [1.807, 2.05) is 0 Å². The lowest BCUT2D eigenvalue weighted by atomic mass is 9.86. The Labute approximate surface area is 161 Å². The zero-order valence-corrected chi connectivity index (χ0v) is 16.6. The van der Waals surface area contributed by atoms with Crippen LogP contribution in [0.3, 0.4) is 0 Å². The summed E-state index contributed by atoms with van der Waals surface area (Å²) in [6, 6.07) is 5.42. The van der Waals surface area contributed by atoms with Crippen LogP contribution in [-0.2, 0) is 14.8 Å². The van der Waals surface area contributed by atoms with E-state index in [9.17, 15) is 17.6 Å². The highest BCUT2D eigenvalue weighted by Crippen LogP contribution is 2.28. The molecule has 0 bridgehead atoms. The Morgan fingerprint density at radius 1 is 1.04 bits per heavy atom. The molecule has 0 aromatic heterocycles. The van der Waals surface area contributed by atoms with E-state index in [1.54, 1.807) is 4.90 Å². The molecular weight excluding hydrogens is 367 g/mol. The summed E-state index contributed by atoms with van der Waals surface area (Å²) in [5.41, 5.74) is 0. The van der Waals surface area contributed by atoms with Crippen LogP contribution in [0.4, 0.5) is 4.39 Å². The van der Waals surface area contributed by atoms with Crippen LogP contribution in [0.1, 0.15) is 51.4 Å². The number of nitrogens with zero attached hydrogens (tertiary/aromatic N) is 2. The fraction of sp³-hybridized carbons (Fsp3) is 0.650. The van der Waals surface area contributed by atoms with Crippen molar-refractivity contribution >= 4 is 15.9 Å². The summed E-state index contributed by atoms with van der Waals surface area (Å²) in [5.74, 6) is 0.141. The summed E-state index contributed by atoms with van der Waals surface area (Å²) in [4.78, 5) is 13.9. The Hall–Kier alpha value is -1.47. The first-order valence-corrected chi connectivity index (χ1v) is 11.4. The molecule has 7 heteroatoms. The Bertz CT molecular complexity index is 739. The van der Waals surface area contributed by atoms with E-state index in [1.165, 1.54) is 54.6 Å². The lowest BCUT2D eigenvalue weighted by molar-refractivity contribution is -0.132. The van der Waals surface area contributed by atoms with Crippen LogP contribution in [0.15, 0.2) is 29.2 Å². The molecule has 2 fully saturated rings. The lowest BCUT2D eigenvalue weighted by Gasteiger charge is -2.34. The van der Waals surface area contributed by atoms with Crippen molar-refractivity contribution < 1.29 is 17.6 Å². The molecule has 1 aromatic rings. The van der Waals surface area contributed by atoms with Crippen LogP contribution < -0.4 is 0 Å². The minimum Gasteiger partial charge on any atom is -0.340 e. The number of carbonyl (C=O) groups is 1. The van der Waals surface area contributed by atoms with Gasteiger partial charge >= 0.3 is 0 Å². The third-order valence-electron chi connectivity index (χ3n) is 5.77. The molecule has 0 N–H and O–H groups in total. The smallest absolute Gasteiger partial charge is 0.246 e. The molecule has 5 nitrogen and oxygen atoms in total. The van der Waals surface area contributed by atoms with Gasteiger partial charge in [-0.1, -0.05) is 44.2 Å². The standard InChI is InChI=1S/C20H29FN2O3S/c21-18-10-4-5-11-19(18)27(25,26)23-15-13-22(14-16-23)20(24)12-6-9-17-7-2-1-3-8-17/h4-5,10-11,17H,1-3,6-9,12-16H2. The maximum absolute atomic E-state index is 13.9. The number of sulfonamides is 1. The highest BCUT2D eigenvalue weighted by Gasteiger charge is 2.31. The van der Waals surface area contributed by atoms with Crippen LogP contribution >= 0.6 is 0 Å². The van der Waals surface area contributed by atoms with Crippen molar-refractivity contribution in [3.8, 4) is 0 Å². The van der Waals surface area contributed by atoms with Crippen LogP contribution in [-0.4, -0.2) is 49.7 Å². The molecule has 0 atom stereocenters. The number of hydrogen-bond donors (Lipinski definition) is 0. The van der Waals surface area contributed by atoms with Crippen molar-refractivity contribution in [1.29, 1.82) is 0 Å². The van der Waals surface area contributed by atoms with Gasteiger partial charge in [0, 0.05) is 32.6 Å². The summed E-state index contributed by atoms with van der Waals surface area (Å²) in [5, 5.41) is 0. The highest BCUT2D eigenvalue weighted by molar-refractivity contribution is 7.89. The fourth-order valence-electron chi connectivity index (χ4n) is 4.15. The molecule has 2 aliphatic rings. The highest BCUT2D eigenvalue weighted by atomic mass is 32.2. The van der Waals surface area contributed by atoms with Gasteiger partial charge in [-0.25, -0.2) is 12.8 Å². The molecule has 3 rings (SSSR count). The van der Waals surface area contributed by atoms with E-state index in [0.29, 0.717) is 19.5 Å². The van der Waals surface area contributed by atoms with Gasteiger partial charge in [-0.2, -0.15) is 4.31 Å². The monoisotopic (exact) mass is 396 g/mol. The topological polar surface area (TPSA) is 57.7 Å². The Balaban J connectivity index is 1.46. The minimum atomic E-state index is -3.85. The zero-order valence-electron chi connectivity index (χ0n) is 15.8. The number of piperazine rings is 1. The Kier molecular flexibility index (Phi) is 6.87. The van der Waals surface area contributed by atoms with Gasteiger partial charge in [0.05, 0.1) is 0 Å². The van der Waals surface area contributed by atoms with Gasteiger partial charge in [0.15, 0.2) is 0 Å². The third kappa shape index (κ3) is 5.08. The molecule has 1 aliphatic heterocycles. The minimum absolute atomic E-state index is 0.105.